The second-order valence-corrected chi connectivity index (χ2v) is 7.95. The van der Waals surface area contributed by atoms with Gasteiger partial charge in [-0.2, -0.15) is 0 Å². The summed E-state index contributed by atoms with van der Waals surface area (Å²) in [6.45, 7) is 6.19. The van der Waals surface area contributed by atoms with E-state index in [-0.39, 0.29) is 0 Å². The molecule has 0 amide bonds. The summed E-state index contributed by atoms with van der Waals surface area (Å²) in [7, 11) is 0. The smallest absolute Gasteiger partial charge is 0.324 e. The minimum absolute atomic E-state index is 0.638. The summed E-state index contributed by atoms with van der Waals surface area (Å²) in [5.41, 5.74) is -0.988. The van der Waals surface area contributed by atoms with Crippen LogP contribution in [0, 0.1) is 0 Å². The highest BCUT2D eigenvalue weighted by atomic mass is 35.5. The van der Waals surface area contributed by atoms with Gasteiger partial charge in [0.1, 0.15) is 5.54 Å². The number of carbonyl (C=O) groups is 1. The van der Waals surface area contributed by atoms with Gasteiger partial charge < -0.3 is 5.11 Å². The minimum Gasteiger partial charge on any atom is -0.480 e. The molecule has 0 rings (SSSR count). The highest BCUT2D eigenvalue weighted by Gasteiger charge is 2.33. The number of aliphatic carboxylic acids is 1. The molecule has 0 aromatic rings. The Bertz CT molecular complexity index is 308. The standard InChI is InChI=1S/C20H40ClNO2/c1-4-5-6-7-8-9-10-11-12-13-14-15-16-17-18-22(21)20(2,3)19(23)24/h4-18H2,1-3H3,(H,23,24). The van der Waals surface area contributed by atoms with Crippen molar-refractivity contribution in [3.8, 4) is 0 Å². The van der Waals surface area contributed by atoms with Crippen LogP contribution in [-0.2, 0) is 4.79 Å². The van der Waals surface area contributed by atoms with E-state index in [1.807, 2.05) is 0 Å². The van der Waals surface area contributed by atoms with Gasteiger partial charge in [-0.15, -0.1) is 0 Å². The van der Waals surface area contributed by atoms with Crippen LogP contribution in [0.1, 0.15) is 111 Å². The molecule has 0 saturated heterocycles. The molecule has 0 aromatic heterocycles. The highest BCUT2D eigenvalue weighted by Crippen LogP contribution is 2.19. The summed E-state index contributed by atoms with van der Waals surface area (Å²) in [5, 5.41) is 9.10. The summed E-state index contributed by atoms with van der Waals surface area (Å²) in [6, 6.07) is 0. The molecule has 24 heavy (non-hydrogen) atoms. The number of hydrogen-bond acceptors (Lipinski definition) is 2. The first-order valence-electron chi connectivity index (χ1n) is 10.1. The van der Waals surface area contributed by atoms with E-state index in [2.05, 4.69) is 6.92 Å². The van der Waals surface area contributed by atoms with Gasteiger partial charge in [-0.25, -0.2) is 4.42 Å². The lowest BCUT2D eigenvalue weighted by Crippen LogP contribution is -2.45. The van der Waals surface area contributed by atoms with Crippen molar-refractivity contribution >= 4 is 17.7 Å². The quantitative estimate of drug-likeness (QED) is 0.229. The Labute approximate surface area is 155 Å². The molecule has 0 spiro atoms. The monoisotopic (exact) mass is 361 g/mol. The number of carboxylic acid groups (broad SMARTS) is 1. The minimum atomic E-state index is -0.988. The Kier molecular flexibility index (Phi) is 14.8. The van der Waals surface area contributed by atoms with Gasteiger partial charge in [-0.3, -0.25) is 4.79 Å². The summed E-state index contributed by atoms with van der Waals surface area (Å²) < 4.78 is 1.43. The predicted octanol–water partition coefficient (Wildman–Crippen LogP) is 6.79. The van der Waals surface area contributed by atoms with E-state index in [9.17, 15) is 4.79 Å². The van der Waals surface area contributed by atoms with Crippen molar-refractivity contribution < 1.29 is 9.90 Å². The van der Waals surface area contributed by atoms with E-state index in [0.717, 1.165) is 12.8 Å². The molecular weight excluding hydrogens is 322 g/mol. The number of hydrogen-bond donors (Lipinski definition) is 1. The zero-order chi connectivity index (χ0) is 18.3. The van der Waals surface area contributed by atoms with E-state index < -0.39 is 11.5 Å². The third-order valence-corrected chi connectivity index (χ3v) is 5.43. The average Bonchev–Trinajstić information content (AvgIpc) is 2.54. The Morgan fingerprint density at radius 1 is 0.792 bits per heavy atom. The van der Waals surface area contributed by atoms with Crippen LogP contribution in [0.3, 0.4) is 0 Å². The molecule has 3 nitrogen and oxygen atoms in total. The van der Waals surface area contributed by atoms with Crippen LogP contribution in [-0.4, -0.2) is 27.6 Å². The van der Waals surface area contributed by atoms with Crippen molar-refractivity contribution in [3.05, 3.63) is 0 Å². The molecule has 0 unspecified atom stereocenters. The van der Waals surface area contributed by atoms with Gasteiger partial charge in [0.2, 0.25) is 0 Å². The predicted molar refractivity (Wildman–Crippen MR) is 105 cm³/mol. The average molecular weight is 362 g/mol. The van der Waals surface area contributed by atoms with E-state index in [1.165, 1.54) is 81.5 Å². The van der Waals surface area contributed by atoms with Gasteiger partial charge in [0, 0.05) is 6.54 Å². The Balaban J connectivity index is 3.30. The van der Waals surface area contributed by atoms with Crippen molar-refractivity contribution in [3.63, 3.8) is 0 Å². The van der Waals surface area contributed by atoms with Crippen molar-refractivity contribution in [1.29, 1.82) is 0 Å². The largest absolute Gasteiger partial charge is 0.480 e. The number of nitrogens with zero attached hydrogens (tertiary/aromatic N) is 1. The normalized spacial score (nSPS) is 12.0. The lowest BCUT2D eigenvalue weighted by Gasteiger charge is -2.28. The molecule has 1 N–H and O–H groups in total. The Hall–Kier alpha value is -0.280. The summed E-state index contributed by atoms with van der Waals surface area (Å²) in [5.74, 6) is -0.872. The summed E-state index contributed by atoms with van der Waals surface area (Å²) >= 11 is 6.07. The zero-order valence-electron chi connectivity index (χ0n) is 16.3. The van der Waals surface area contributed by atoms with Crippen LogP contribution in [0.4, 0.5) is 0 Å². The summed E-state index contributed by atoms with van der Waals surface area (Å²) in [6.07, 6.45) is 18.5. The lowest BCUT2D eigenvalue weighted by molar-refractivity contribution is -0.146. The highest BCUT2D eigenvalue weighted by molar-refractivity contribution is 6.15. The van der Waals surface area contributed by atoms with Gasteiger partial charge in [0.05, 0.1) is 0 Å². The van der Waals surface area contributed by atoms with E-state index in [4.69, 9.17) is 16.9 Å². The molecule has 0 aromatic carbocycles. The molecule has 4 heteroatoms. The maximum atomic E-state index is 11.1. The maximum absolute atomic E-state index is 11.1. The molecule has 0 bridgehead atoms. The topological polar surface area (TPSA) is 40.5 Å². The van der Waals surface area contributed by atoms with Crippen LogP contribution in [0.25, 0.3) is 0 Å². The zero-order valence-corrected chi connectivity index (χ0v) is 17.0. The van der Waals surface area contributed by atoms with Crippen molar-refractivity contribution in [2.75, 3.05) is 6.54 Å². The van der Waals surface area contributed by atoms with Gasteiger partial charge in [0.15, 0.2) is 0 Å². The van der Waals surface area contributed by atoms with Gasteiger partial charge in [0.25, 0.3) is 0 Å². The molecule has 0 fully saturated rings. The fourth-order valence-corrected chi connectivity index (χ4v) is 3.02. The molecule has 144 valence electrons. The van der Waals surface area contributed by atoms with Gasteiger partial charge in [-0.1, -0.05) is 90.4 Å². The Morgan fingerprint density at radius 2 is 1.12 bits per heavy atom. The molecule has 0 aliphatic heterocycles. The molecule has 0 atom stereocenters. The second kappa shape index (κ2) is 15.0. The van der Waals surface area contributed by atoms with E-state index >= 15 is 0 Å². The second-order valence-electron chi connectivity index (χ2n) is 7.55. The summed E-state index contributed by atoms with van der Waals surface area (Å²) in [4.78, 5) is 11.1. The molecule has 0 saturated carbocycles. The van der Waals surface area contributed by atoms with Crippen LogP contribution in [0.15, 0.2) is 0 Å². The number of halogens is 1. The SMILES string of the molecule is CCCCCCCCCCCCCCCCN(Cl)C(C)(C)C(=O)O. The fraction of sp³-hybridized carbons (Fsp3) is 0.950. The van der Waals surface area contributed by atoms with Gasteiger partial charge >= 0.3 is 5.97 Å². The van der Waals surface area contributed by atoms with E-state index in [0.29, 0.717) is 6.54 Å². The van der Waals surface area contributed by atoms with Crippen molar-refractivity contribution in [2.45, 2.75) is 116 Å². The first-order chi connectivity index (χ1) is 11.4. The van der Waals surface area contributed by atoms with Crippen LogP contribution in [0.2, 0.25) is 0 Å². The van der Waals surface area contributed by atoms with E-state index in [1.54, 1.807) is 13.8 Å². The molecular formula is C20H40ClNO2. The number of unbranched alkanes of at least 4 members (excludes halogenated alkanes) is 13. The first kappa shape index (κ1) is 23.7. The molecule has 0 heterocycles. The van der Waals surface area contributed by atoms with Crippen LogP contribution < -0.4 is 0 Å². The number of rotatable bonds is 17. The Morgan fingerprint density at radius 3 is 1.46 bits per heavy atom. The molecule has 0 aliphatic rings. The first-order valence-corrected chi connectivity index (χ1v) is 10.4. The van der Waals surface area contributed by atoms with Crippen molar-refractivity contribution in [2.24, 2.45) is 0 Å². The maximum Gasteiger partial charge on any atom is 0.324 e. The molecule has 0 aliphatic carbocycles. The third kappa shape index (κ3) is 12.1. The van der Waals surface area contributed by atoms with Crippen LogP contribution >= 0.6 is 11.8 Å². The number of carboxylic acids is 1. The van der Waals surface area contributed by atoms with Crippen molar-refractivity contribution in [1.82, 2.24) is 4.42 Å². The van der Waals surface area contributed by atoms with Gasteiger partial charge in [-0.05, 0) is 32.0 Å². The van der Waals surface area contributed by atoms with Crippen LogP contribution in [0.5, 0.6) is 0 Å². The molecule has 0 radical (unpaired) electrons. The lowest BCUT2D eigenvalue weighted by atomic mass is 10.0. The third-order valence-electron chi connectivity index (χ3n) is 4.84. The fourth-order valence-electron chi connectivity index (χ4n) is 2.83.